The molecule has 2 unspecified atom stereocenters. The minimum absolute atomic E-state index is 0.121. The Morgan fingerprint density at radius 3 is 2.52 bits per heavy atom. The Morgan fingerprint density at radius 2 is 1.81 bits per heavy atom. The minimum atomic E-state index is -0.577. The smallest absolute Gasteiger partial charge is 0.319 e. The molecule has 4 heteroatoms. The lowest BCUT2D eigenvalue weighted by molar-refractivity contribution is -0.148. The summed E-state index contributed by atoms with van der Waals surface area (Å²) in [5.41, 5.74) is -0.577. The van der Waals surface area contributed by atoms with Crippen LogP contribution >= 0.6 is 0 Å². The topological polar surface area (TPSA) is 52.6 Å². The summed E-state index contributed by atoms with van der Waals surface area (Å²) in [5.74, 6) is 0.302. The first-order valence-electron chi connectivity index (χ1n) is 10.6. The van der Waals surface area contributed by atoms with Crippen LogP contribution in [0.4, 0.5) is 0 Å². The first kappa shape index (κ1) is 23.5. The van der Waals surface area contributed by atoms with E-state index in [0.29, 0.717) is 12.3 Å². The van der Waals surface area contributed by atoms with Gasteiger partial charge in [-0.1, -0.05) is 69.8 Å². The predicted molar refractivity (Wildman–Crippen MR) is 109 cm³/mol. The van der Waals surface area contributed by atoms with Crippen molar-refractivity contribution in [3.8, 4) is 0 Å². The molecule has 1 aliphatic rings. The Kier molecular flexibility index (Phi) is 11.8. The number of unbranched alkanes of at least 4 members (excludes halogenated alkanes) is 6. The highest BCUT2D eigenvalue weighted by Gasteiger charge is 2.38. The summed E-state index contributed by atoms with van der Waals surface area (Å²) in [7, 11) is 2.92. The van der Waals surface area contributed by atoms with Gasteiger partial charge in [0.25, 0.3) is 0 Å². The Balaban J connectivity index is 2.39. The van der Waals surface area contributed by atoms with Gasteiger partial charge in [0.2, 0.25) is 0 Å². The van der Waals surface area contributed by atoms with Gasteiger partial charge in [-0.2, -0.15) is 0 Å². The number of esters is 2. The quantitative estimate of drug-likeness (QED) is 0.232. The van der Waals surface area contributed by atoms with Crippen molar-refractivity contribution < 1.29 is 19.1 Å². The molecule has 27 heavy (non-hydrogen) atoms. The SMILES string of the molecule is CCCCC1CC=CC(C=CCCCCCCCC(=O)OC)(C(=O)OC)C1. The van der Waals surface area contributed by atoms with E-state index in [1.807, 2.05) is 6.08 Å². The summed E-state index contributed by atoms with van der Waals surface area (Å²) in [6.07, 6.45) is 20.8. The largest absolute Gasteiger partial charge is 0.469 e. The Bertz CT molecular complexity index is 495. The first-order valence-corrected chi connectivity index (χ1v) is 10.6. The summed E-state index contributed by atoms with van der Waals surface area (Å²) < 4.78 is 9.76. The lowest BCUT2D eigenvalue weighted by Crippen LogP contribution is -2.33. The average molecular weight is 379 g/mol. The highest BCUT2D eigenvalue weighted by molar-refractivity contribution is 5.81. The lowest BCUT2D eigenvalue weighted by Gasteiger charge is -2.32. The first-order chi connectivity index (χ1) is 13.1. The maximum absolute atomic E-state index is 12.5. The molecule has 0 radical (unpaired) electrons. The van der Waals surface area contributed by atoms with Crippen molar-refractivity contribution in [3.05, 3.63) is 24.3 Å². The van der Waals surface area contributed by atoms with Crippen molar-refractivity contribution in [1.29, 1.82) is 0 Å². The van der Waals surface area contributed by atoms with E-state index < -0.39 is 5.41 Å². The molecule has 0 spiro atoms. The van der Waals surface area contributed by atoms with Crippen LogP contribution in [0.3, 0.4) is 0 Å². The van der Waals surface area contributed by atoms with Gasteiger partial charge >= 0.3 is 11.9 Å². The maximum atomic E-state index is 12.5. The molecule has 154 valence electrons. The average Bonchev–Trinajstić information content (AvgIpc) is 2.70. The van der Waals surface area contributed by atoms with Crippen molar-refractivity contribution in [2.75, 3.05) is 14.2 Å². The highest BCUT2D eigenvalue weighted by atomic mass is 16.5. The van der Waals surface area contributed by atoms with Crippen molar-refractivity contribution in [2.24, 2.45) is 11.3 Å². The molecule has 0 bridgehead atoms. The van der Waals surface area contributed by atoms with Gasteiger partial charge in [-0.3, -0.25) is 9.59 Å². The molecule has 0 heterocycles. The van der Waals surface area contributed by atoms with E-state index in [4.69, 9.17) is 4.74 Å². The molecule has 0 aliphatic heterocycles. The summed E-state index contributed by atoms with van der Waals surface area (Å²) >= 11 is 0. The fourth-order valence-electron chi connectivity index (χ4n) is 3.80. The lowest BCUT2D eigenvalue weighted by atomic mass is 9.72. The number of methoxy groups -OCH3 is 2. The number of ether oxygens (including phenoxy) is 2. The molecular formula is C23H38O4. The molecule has 0 amide bonds. The molecule has 0 saturated heterocycles. The van der Waals surface area contributed by atoms with Crippen LogP contribution in [0.15, 0.2) is 24.3 Å². The monoisotopic (exact) mass is 378 g/mol. The van der Waals surface area contributed by atoms with Crippen molar-refractivity contribution >= 4 is 11.9 Å². The molecule has 1 aliphatic carbocycles. The van der Waals surface area contributed by atoms with E-state index in [1.165, 1.54) is 33.5 Å². The summed E-state index contributed by atoms with van der Waals surface area (Å²) in [5, 5.41) is 0. The van der Waals surface area contributed by atoms with Gasteiger partial charge in [0, 0.05) is 6.42 Å². The van der Waals surface area contributed by atoms with Gasteiger partial charge in [-0.15, -0.1) is 0 Å². The van der Waals surface area contributed by atoms with Crippen LogP contribution in [0.5, 0.6) is 0 Å². The molecule has 0 aromatic carbocycles. The van der Waals surface area contributed by atoms with Crippen molar-refractivity contribution in [2.45, 2.75) is 84.0 Å². The minimum Gasteiger partial charge on any atom is -0.469 e. The molecule has 2 atom stereocenters. The zero-order chi connectivity index (χ0) is 20.0. The molecule has 0 fully saturated rings. The number of hydrogen-bond donors (Lipinski definition) is 0. The van der Waals surface area contributed by atoms with Gasteiger partial charge in [0.15, 0.2) is 0 Å². The second-order valence-corrected chi connectivity index (χ2v) is 7.67. The Labute approximate surface area is 165 Å². The number of rotatable bonds is 13. The highest BCUT2D eigenvalue weighted by Crippen LogP contribution is 2.39. The van der Waals surface area contributed by atoms with Gasteiger partial charge in [-0.25, -0.2) is 0 Å². The third-order valence-corrected chi connectivity index (χ3v) is 5.44. The van der Waals surface area contributed by atoms with Crippen LogP contribution in [0.1, 0.15) is 84.0 Å². The normalized spacial score (nSPS) is 22.1. The second-order valence-electron chi connectivity index (χ2n) is 7.67. The van der Waals surface area contributed by atoms with Crippen LogP contribution in [-0.4, -0.2) is 26.2 Å². The van der Waals surface area contributed by atoms with Gasteiger partial charge in [0.05, 0.1) is 14.2 Å². The van der Waals surface area contributed by atoms with Crippen LogP contribution in [0.2, 0.25) is 0 Å². The second kappa shape index (κ2) is 13.6. The van der Waals surface area contributed by atoms with Crippen molar-refractivity contribution in [1.82, 2.24) is 0 Å². The third kappa shape index (κ3) is 8.77. The molecule has 0 saturated carbocycles. The van der Waals surface area contributed by atoms with Crippen LogP contribution < -0.4 is 0 Å². The fourth-order valence-corrected chi connectivity index (χ4v) is 3.80. The molecule has 0 aromatic heterocycles. The predicted octanol–water partition coefficient (Wildman–Crippen LogP) is 5.76. The molecule has 4 nitrogen and oxygen atoms in total. The fraction of sp³-hybridized carbons (Fsp3) is 0.739. The van der Waals surface area contributed by atoms with E-state index in [2.05, 4.69) is 29.9 Å². The summed E-state index contributed by atoms with van der Waals surface area (Å²) in [4.78, 5) is 23.5. The summed E-state index contributed by atoms with van der Waals surface area (Å²) in [6.45, 7) is 2.21. The zero-order valence-corrected chi connectivity index (χ0v) is 17.5. The molecular weight excluding hydrogens is 340 g/mol. The number of allylic oxidation sites excluding steroid dienone is 2. The van der Waals surface area contributed by atoms with Crippen LogP contribution in [0, 0.1) is 11.3 Å². The van der Waals surface area contributed by atoms with E-state index in [9.17, 15) is 9.59 Å². The maximum Gasteiger partial charge on any atom is 0.319 e. The van der Waals surface area contributed by atoms with Crippen LogP contribution in [0.25, 0.3) is 0 Å². The van der Waals surface area contributed by atoms with E-state index >= 15 is 0 Å². The van der Waals surface area contributed by atoms with Gasteiger partial charge < -0.3 is 9.47 Å². The Morgan fingerprint density at radius 1 is 1.07 bits per heavy atom. The molecule has 1 rings (SSSR count). The zero-order valence-electron chi connectivity index (χ0n) is 17.5. The van der Waals surface area contributed by atoms with E-state index in [-0.39, 0.29) is 11.9 Å². The summed E-state index contributed by atoms with van der Waals surface area (Å²) in [6, 6.07) is 0. The molecule has 0 aromatic rings. The number of carbonyl (C=O) groups excluding carboxylic acids is 2. The van der Waals surface area contributed by atoms with E-state index in [1.54, 1.807) is 0 Å². The Hall–Kier alpha value is -1.58. The number of carbonyl (C=O) groups is 2. The van der Waals surface area contributed by atoms with Gasteiger partial charge in [-0.05, 0) is 38.0 Å². The van der Waals surface area contributed by atoms with E-state index in [0.717, 1.165) is 51.4 Å². The van der Waals surface area contributed by atoms with Crippen LogP contribution in [-0.2, 0) is 19.1 Å². The number of hydrogen-bond acceptors (Lipinski definition) is 4. The standard InChI is InChI=1S/C23H38O4/c1-4-5-14-20-15-13-18-23(19-20,22(25)27-3)17-12-10-8-6-7-9-11-16-21(24)26-2/h12-13,17-18,20H,4-11,14-16,19H2,1-3H3. The molecule has 0 N–H and O–H groups in total. The van der Waals surface area contributed by atoms with Gasteiger partial charge in [0.1, 0.15) is 5.41 Å². The van der Waals surface area contributed by atoms with Crippen molar-refractivity contribution in [3.63, 3.8) is 0 Å². The third-order valence-electron chi connectivity index (χ3n) is 5.44.